The molecule has 0 fully saturated rings. The van der Waals surface area contributed by atoms with Crippen LogP contribution in [0.2, 0.25) is 0 Å². The molecule has 0 aliphatic rings. The van der Waals surface area contributed by atoms with Crippen molar-refractivity contribution >= 4 is 5.78 Å². The zero-order valence-electron chi connectivity index (χ0n) is 24.9. The Bertz CT molecular complexity index is 450. The highest BCUT2D eigenvalue weighted by atomic mass is 16.3. The molecule has 3 atom stereocenters. The van der Waals surface area contributed by atoms with Gasteiger partial charge in [0.15, 0.2) is 0 Å². The summed E-state index contributed by atoms with van der Waals surface area (Å²) in [6.07, 6.45) is 31.0. The van der Waals surface area contributed by atoms with E-state index in [4.69, 9.17) is 0 Å². The third-order valence-corrected chi connectivity index (χ3v) is 8.01. The Morgan fingerprint density at radius 3 is 1.17 bits per heavy atom. The SMILES string of the molecule is CCCCCCCCCCCCCCCCCCCCC[C@@H](O)C[C@H](O)CCCC[C@@H](C)C(=O)CC. The molecule has 2 N–H and O–H groups in total. The average Bonchev–Trinajstić information content (AvgIpc) is 2.87. The maximum Gasteiger partial charge on any atom is 0.135 e. The van der Waals surface area contributed by atoms with Crippen molar-refractivity contribution in [3.8, 4) is 0 Å². The van der Waals surface area contributed by atoms with E-state index in [-0.39, 0.29) is 12.0 Å². The Morgan fingerprint density at radius 1 is 0.500 bits per heavy atom. The van der Waals surface area contributed by atoms with Crippen LogP contribution >= 0.6 is 0 Å². The first-order chi connectivity index (χ1) is 17.5. The molecule has 0 aromatic heterocycles. The first kappa shape index (κ1) is 35.6. The molecule has 0 aliphatic heterocycles. The fraction of sp³-hybridized carbons (Fsp3) is 0.970. The van der Waals surface area contributed by atoms with Crippen LogP contribution in [-0.2, 0) is 4.79 Å². The van der Waals surface area contributed by atoms with Crippen LogP contribution in [0.25, 0.3) is 0 Å². The lowest BCUT2D eigenvalue weighted by atomic mass is 9.95. The van der Waals surface area contributed by atoms with Gasteiger partial charge in [-0.2, -0.15) is 0 Å². The lowest BCUT2D eigenvalue weighted by Crippen LogP contribution is -2.17. The summed E-state index contributed by atoms with van der Waals surface area (Å²) >= 11 is 0. The molecule has 0 spiro atoms. The van der Waals surface area contributed by atoms with Gasteiger partial charge in [0.05, 0.1) is 12.2 Å². The highest BCUT2D eigenvalue weighted by Gasteiger charge is 2.13. The Labute approximate surface area is 226 Å². The molecule has 216 valence electrons. The van der Waals surface area contributed by atoms with Crippen molar-refractivity contribution < 1.29 is 15.0 Å². The van der Waals surface area contributed by atoms with Gasteiger partial charge in [0, 0.05) is 12.3 Å². The number of hydrogen-bond donors (Lipinski definition) is 2. The summed E-state index contributed by atoms with van der Waals surface area (Å²) in [6.45, 7) is 6.22. The number of rotatable bonds is 29. The van der Waals surface area contributed by atoms with Crippen LogP contribution in [0.5, 0.6) is 0 Å². The number of aliphatic hydroxyl groups is 2. The van der Waals surface area contributed by atoms with Crippen molar-refractivity contribution in [1.82, 2.24) is 0 Å². The molecule has 0 heterocycles. The van der Waals surface area contributed by atoms with Gasteiger partial charge in [-0.3, -0.25) is 4.79 Å². The van der Waals surface area contributed by atoms with Crippen molar-refractivity contribution in [2.45, 2.75) is 200 Å². The molecule has 0 aromatic carbocycles. The predicted molar refractivity (Wildman–Crippen MR) is 158 cm³/mol. The number of hydrogen-bond acceptors (Lipinski definition) is 3. The second kappa shape index (κ2) is 27.6. The van der Waals surface area contributed by atoms with Crippen LogP contribution in [0.15, 0.2) is 0 Å². The maximum absolute atomic E-state index is 11.6. The molecule has 3 nitrogen and oxygen atoms in total. The smallest absolute Gasteiger partial charge is 0.135 e. The van der Waals surface area contributed by atoms with Crippen LogP contribution in [-0.4, -0.2) is 28.2 Å². The summed E-state index contributed by atoms with van der Waals surface area (Å²) in [5.74, 6) is 0.484. The highest BCUT2D eigenvalue weighted by Crippen LogP contribution is 2.18. The van der Waals surface area contributed by atoms with Crippen LogP contribution in [0.1, 0.15) is 188 Å². The van der Waals surface area contributed by atoms with E-state index in [1.54, 1.807) is 0 Å². The third-order valence-electron chi connectivity index (χ3n) is 8.01. The minimum Gasteiger partial charge on any atom is -0.393 e. The van der Waals surface area contributed by atoms with Crippen LogP contribution in [0.4, 0.5) is 0 Å². The van der Waals surface area contributed by atoms with Gasteiger partial charge < -0.3 is 10.2 Å². The molecule has 0 radical (unpaired) electrons. The lowest BCUT2D eigenvalue weighted by Gasteiger charge is -2.16. The van der Waals surface area contributed by atoms with Crippen LogP contribution in [0.3, 0.4) is 0 Å². The van der Waals surface area contributed by atoms with Gasteiger partial charge in [-0.05, 0) is 25.7 Å². The third kappa shape index (κ3) is 25.2. The molecule has 0 saturated heterocycles. The Balaban J connectivity index is 3.31. The van der Waals surface area contributed by atoms with Crippen molar-refractivity contribution in [3.63, 3.8) is 0 Å². The van der Waals surface area contributed by atoms with E-state index in [1.807, 2.05) is 13.8 Å². The van der Waals surface area contributed by atoms with E-state index in [1.165, 1.54) is 116 Å². The van der Waals surface area contributed by atoms with E-state index < -0.39 is 6.10 Å². The first-order valence-electron chi connectivity index (χ1n) is 16.4. The largest absolute Gasteiger partial charge is 0.393 e. The quantitative estimate of drug-likeness (QED) is 0.0984. The summed E-state index contributed by atoms with van der Waals surface area (Å²) in [5.41, 5.74) is 0. The molecular weight excluding hydrogens is 444 g/mol. The molecule has 0 saturated carbocycles. The summed E-state index contributed by atoms with van der Waals surface area (Å²) in [5, 5.41) is 20.4. The number of ketones is 1. The molecule has 0 bridgehead atoms. The van der Waals surface area contributed by atoms with E-state index in [2.05, 4.69) is 6.92 Å². The van der Waals surface area contributed by atoms with Gasteiger partial charge in [-0.1, -0.05) is 156 Å². The fourth-order valence-corrected chi connectivity index (χ4v) is 5.35. The van der Waals surface area contributed by atoms with E-state index in [9.17, 15) is 15.0 Å². The number of Topliss-reactive ketones (excluding diaryl/α,β-unsaturated/α-hetero) is 1. The summed E-state index contributed by atoms with van der Waals surface area (Å²) in [6, 6.07) is 0. The van der Waals surface area contributed by atoms with E-state index in [0.29, 0.717) is 18.6 Å². The second-order valence-electron chi connectivity index (χ2n) is 11.7. The van der Waals surface area contributed by atoms with Gasteiger partial charge in [0.1, 0.15) is 5.78 Å². The summed E-state index contributed by atoms with van der Waals surface area (Å²) in [4.78, 5) is 11.6. The highest BCUT2D eigenvalue weighted by molar-refractivity contribution is 5.80. The molecule has 0 amide bonds. The second-order valence-corrected chi connectivity index (χ2v) is 11.7. The van der Waals surface area contributed by atoms with Gasteiger partial charge >= 0.3 is 0 Å². The van der Waals surface area contributed by atoms with Crippen molar-refractivity contribution in [2.75, 3.05) is 0 Å². The van der Waals surface area contributed by atoms with Crippen molar-refractivity contribution in [1.29, 1.82) is 0 Å². The molecule has 36 heavy (non-hydrogen) atoms. The van der Waals surface area contributed by atoms with Crippen molar-refractivity contribution in [2.24, 2.45) is 5.92 Å². The minimum atomic E-state index is -0.405. The molecule has 0 unspecified atom stereocenters. The van der Waals surface area contributed by atoms with E-state index in [0.717, 1.165) is 38.5 Å². The van der Waals surface area contributed by atoms with Crippen LogP contribution in [0, 0.1) is 5.92 Å². The summed E-state index contributed by atoms with van der Waals surface area (Å²) in [7, 11) is 0. The van der Waals surface area contributed by atoms with Crippen LogP contribution < -0.4 is 0 Å². The molecular formula is C33H66O3. The summed E-state index contributed by atoms with van der Waals surface area (Å²) < 4.78 is 0. The molecule has 0 aliphatic carbocycles. The maximum atomic E-state index is 11.6. The van der Waals surface area contributed by atoms with Gasteiger partial charge in [-0.15, -0.1) is 0 Å². The topological polar surface area (TPSA) is 57.5 Å². The Hall–Kier alpha value is -0.410. The van der Waals surface area contributed by atoms with Gasteiger partial charge in [0.25, 0.3) is 0 Å². The minimum absolute atomic E-state index is 0.145. The van der Waals surface area contributed by atoms with Gasteiger partial charge in [-0.25, -0.2) is 0 Å². The first-order valence-corrected chi connectivity index (χ1v) is 16.4. The Morgan fingerprint density at radius 2 is 0.806 bits per heavy atom. The Kier molecular flexibility index (Phi) is 27.3. The zero-order valence-corrected chi connectivity index (χ0v) is 24.9. The predicted octanol–water partition coefficient (Wildman–Crippen LogP) is 10.1. The number of unbranched alkanes of at least 4 members (excludes halogenated alkanes) is 19. The molecule has 0 aromatic rings. The normalized spacial score (nSPS) is 14.1. The van der Waals surface area contributed by atoms with Gasteiger partial charge in [0.2, 0.25) is 0 Å². The fourth-order valence-electron chi connectivity index (χ4n) is 5.35. The van der Waals surface area contributed by atoms with E-state index >= 15 is 0 Å². The standard InChI is InChI=1S/C33H66O3/c1-4-6-7-8-9-10-11-12-13-14-15-16-17-18-19-20-21-22-23-27-31(34)29-32(35)28-25-24-26-30(3)33(36)5-2/h30-32,34-35H,4-29H2,1-3H3/t30-,31-,32-/m1/s1. The molecule has 3 heteroatoms. The lowest BCUT2D eigenvalue weighted by molar-refractivity contribution is -0.122. The zero-order chi connectivity index (χ0) is 26.7. The molecule has 0 rings (SSSR count). The van der Waals surface area contributed by atoms with Crippen molar-refractivity contribution in [3.05, 3.63) is 0 Å². The number of aliphatic hydroxyl groups excluding tert-OH is 2. The number of carbonyl (C=O) groups excluding carboxylic acids is 1. The average molecular weight is 511 g/mol. The monoisotopic (exact) mass is 511 g/mol. The number of carbonyl (C=O) groups is 1.